The third-order valence-electron chi connectivity index (χ3n) is 3.97. The molecular weight excluding hydrogens is 411 g/mol. The number of hydrogen-bond donors (Lipinski definition) is 1. The van der Waals surface area contributed by atoms with Crippen molar-refractivity contribution in [2.24, 2.45) is 0 Å². The standard InChI is InChI=1S/C18H15BrF3N3O/c1-3-13-15(25-9-11(19)8-10(2)16(25)23-13)17(26)24-14-7-5-4-6-12(14)18(20,21)22/h4-9H,3H2,1-2H3,(H,24,26). The second-order valence-electron chi connectivity index (χ2n) is 5.79. The Kier molecular flexibility index (Phi) is 4.79. The molecule has 3 aromatic rings. The van der Waals surface area contributed by atoms with E-state index >= 15 is 0 Å². The fourth-order valence-corrected chi connectivity index (χ4v) is 3.37. The minimum atomic E-state index is -4.56. The number of aromatic nitrogens is 2. The predicted octanol–water partition coefficient (Wildman–Crippen LogP) is 5.24. The lowest BCUT2D eigenvalue weighted by Crippen LogP contribution is -2.19. The summed E-state index contributed by atoms with van der Waals surface area (Å²) in [6, 6.07) is 6.76. The summed E-state index contributed by atoms with van der Waals surface area (Å²) in [5, 5.41) is 2.39. The quantitative estimate of drug-likeness (QED) is 0.623. The van der Waals surface area contributed by atoms with Gasteiger partial charge in [0.15, 0.2) is 0 Å². The van der Waals surface area contributed by atoms with Crippen LogP contribution in [0.5, 0.6) is 0 Å². The molecule has 0 aliphatic carbocycles. The number of alkyl halides is 3. The summed E-state index contributed by atoms with van der Waals surface area (Å²) in [5.74, 6) is -0.636. The van der Waals surface area contributed by atoms with E-state index in [1.807, 2.05) is 19.9 Å². The van der Waals surface area contributed by atoms with Crippen LogP contribution in [0.2, 0.25) is 0 Å². The zero-order valence-corrected chi connectivity index (χ0v) is 15.6. The van der Waals surface area contributed by atoms with E-state index in [1.54, 1.807) is 10.6 Å². The predicted molar refractivity (Wildman–Crippen MR) is 96.4 cm³/mol. The van der Waals surface area contributed by atoms with Crippen molar-refractivity contribution in [2.45, 2.75) is 26.4 Å². The van der Waals surface area contributed by atoms with E-state index in [0.717, 1.165) is 16.1 Å². The fourth-order valence-electron chi connectivity index (χ4n) is 2.82. The summed E-state index contributed by atoms with van der Waals surface area (Å²) >= 11 is 3.37. The fraction of sp³-hybridized carbons (Fsp3) is 0.222. The van der Waals surface area contributed by atoms with Gasteiger partial charge in [-0.1, -0.05) is 19.1 Å². The molecule has 0 atom stereocenters. The van der Waals surface area contributed by atoms with E-state index in [0.29, 0.717) is 17.8 Å². The van der Waals surface area contributed by atoms with Gasteiger partial charge >= 0.3 is 6.18 Å². The number of anilines is 1. The minimum Gasteiger partial charge on any atom is -0.320 e. The number of amides is 1. The number of pyridine rings is 1. The smallest absolute Gasteiger partial charge is 0.320 e. The molecular formula is C18H15BrF3N3O. The van der Waals surface area contributed by atoms with Gasteiger partial charge in [0.05, 0.1) is 16.9 Å². The van der Waals surface area contributed by atoms with E-state index in [2.05, 4.69) is 26.2 Å². The Labute approximate surface area is 156 Å². The van der Waals surface area contributed by atoms with Gasteiger partial charge in [-0.3, -0.25) is 9.20 Å². The Hall–Kier alpha value is -2.35. The van der Waals surface area contributed by atoms with Gasteiger partial charge in [0.1, 0.15) is 11.3 Å². The van der Waals surface area contributed by atoms with Gasteiger partial charge in [-0.25, -0.2) is 4.98 Å². The number of halogens is 4. The van der Waals surface area contributed by atoms with Gasteiger partial charge in [0.2, 0.25) is 0 Å². The van der Waals surface area contributed by atoms with E-state index < -0.39 is 17.6 Å². The second-order valence-corrected chi connectivity index (χ2v) is 6.71. The van der Waals surface area contributed by atoms with E-state index in [-0.39, 0.29) is 11.4 Å². The van der Waals surface area contributed by atoms with Gasteiger partial charge in [-0.2, -0.15) is 13.2 Å². The Balaban J connectivity index is 2.10. The monoisotopic (exact) mass is 425 g/mol. The number of rotatable bonds is 3. The summed E-state index contributed by atoms with van der Waals surface area (Å²) in [5.41, 5.74) is 1.02. The van der Waals surface area contributed by atoms with Crippen molar-refractivity contribution in [3.8, 4) is 0 Å². The summed E-state index contributed by atoms with van der Waals surface area (Å²) < 4.78 is 41.9. The minimum absolute atomic E-state index is 0.226. The summed E-state index contributed by atoms with van der Waals surface area (Å²) in [4.78, 5) is 17.3. The summed E-state index contributed by atoms with van der Waals surface area (Å²) in [6.07, 6.45) is -2.40. The molecule has 1 N–H and O–H groups in total. The molecule has 0 saturated heterocycles. The molecule has 2 heterocycles. The maximum Gasteiger partial charge on any atom is 0.418 e. The molecule has 2 aromatic heterocycles. The van der Waals surface area contributed by atoms with Gasteiger partial charge < -0.3 is 5.32 Å². The first kappa shape index (κ1) is 18.4. The van der Waals surface area contributed by atoms with E-state index in [4.69, 9.17) is 0 Å². The zero-order chi connectivity index (χ0) is 19.1. The van der Waals surface area contributed by atoms with Gasteiger partial charge in [-0.05, 0) is 53.0 Å². The molecule has 0 saturated carbocycles. The number of nitrogens with one attached hydrogen (secondary N) is 1. The Morgan fingerprint density at radius 3 is 2.65 bits per heavy atom. The largest absolute Gasteiger partial charge is 0.418 e. The van der Waals surface area contributed by atoms with Crippen LogP contribution in [0, 0.1) is 6.92 Å². The van der Waals surface area contributed by atoms with E-state index in [1.165, 1.54) is 18.2 Å². The van der Waals surface area contributed by atoms with Crippen LogP contribution in [0.25, 0.3) is 5.65 Å². The van der Waals surface area contributed by atoms with Crippen LogP contribution in [0.3, 0.4) is 0 Å². The number of benzene rings is 1. The first-order chi connectivity index (χ1) is 12.2. The molecule has 3 rings (SSSR count). The molecule has 8 heteroatoms. The highest BCUT2D eigenvalue weighted by Crippen LogP contribution is 2.35. The van der Waals surface area contributed by atoms with Crippen molar-refractivity contribution in [2.75, 3.05) is 5.32 Å². The van der Waals surface area contributed by atoms with Gasteiger partial charge in [0.25, 0.3) is 5.91 Å². The first-order valence-electron chi connectivity index (χ1n) is 7.87. The molecule has 26 heavy (non-hydrogen) atoms. The molecule has 0 fully saturated rings. The Bertz CT molecular complexity index is 995. The molecule has 0 aliphatic heterocycles. The molecule has 0 aliphatic rings. The highest BCUT2D eigenvalue weighted by Gasteiger charge is 2.34. The topological polar surface area (TPSA) is 46.4 Å². The van der Waals surface area contributed by atoms with Gasteiger partial charge in [0, 0.05) is 10.7 Å². The van der Waals surface area contributed by atoms with Gasteiger partial charge in [-0.15, -0.1) is 0 Å². The number of carbonyl (C=O) groups is 1. The zero-order valence-electron chi connectivity index (χ0n) is 14.0. The molecule has 1 amide bonds. The SMILES string of the molecule is CCc1nc2c(C)cc(Br)cn2c1C(=O)Nc1ccccc1C(F)(F)F. The lowest BCUT2D eigenvalue weighted by Gasteiger charge is -2.14. The van der Waals surface area contributed by atoms with Crippen molar-refractivity contribution in [1.82, 2.24) is 9.38 Å². The third-order valence-corrected chi connectivity index (χ3v) is 4.41. The van der Waals surface area contributed by atoms with Crippen LogP contribution in [-0.4, -0.2) is 15.3 Å². The van der Waals surface area contributed by atoms with Crippen molar-refractivity contribution in [1.29, 1.82) is 0 Å². The number of para-hydroxylation sites is 1. The molecule has 1 aromatic carbocycles. The van der Waals surface area contributed by atoms with Crippen molar-refractivity contribution in [3.05, 3.63) is 63.5 Å². The molecule has 136 valence electrons. The number of imidazole rings is 1. The van der Waals surface area contributed by atoms with Crippen molar-refractivity contribution >= 4 is 33.2 Å². The third kappa shape index (κ3) is 3.33. The van der Waals surface area contributed by atoms with Crippen LogP contribution in [0.4, 0.5) is 18.9 Å². The maximum absolute atomic E-state index is 13.2. The van der Waals surface area contributed by atoms with Crippen molar-refractivity contribution < 1.29 is 18.0 Å². The number of fused-ring (bicyclic) bond motifs is 1. The Morgan fingerprint density at radius 1 is 1.31 bits per heavy atom. The van der Waals surface area contributed by atoms with Crippen LogP contribution >= 0.6 is 15.9 Å². The highest BCUT2D eigenvalue weighted by molar-refractivity contribution is 9.10. The summed E-state index contributed by atoms with van der Waals surface area (Å²) in [7, 11) is 0. The Morgan fingerprint density at radius 2 is 2.00 bits per heavy atom. The van der Waals surface area contributed by atoms with Crippen LogP contribution in [0.15, 0.2) is 41.0 Å². The normalized spacial score (nSPS) is 11.8. The second kappa shape index (κ2) is 6.75. The molecule has 0 bridgehead atoms. The molecule has 4 nitrogen and oxygen atoms in total. The van der Waals surface area contributed by atoms with Crippen LogP contribution in [0.1, 0.15) is 34.2 Å². The molecule has 0 spiro atoms. The molecule has 0 unspecified atom stereocenters. The number of aryl methyl sites for hydroxylation is 2. The summed E-state index contributed by atoms with van der Waals surface area (Å²) in [6.45, 7) is 3.69. The average molecular weight is 426 g/mol. The number of hydrogen-bond acceptors (Lipinski definition) is 2. The van der Waals surface area contributed by atoms with Crippen LogP contribution < -0.4 is 5.32 Å². The average Bonchev–Trinajstić information content (AvgIpc) is 2.93. The lowest BCUT2D eigenvalue weighted by molar-refractivity contribution is -0.136. The molecule has 0 radical (unpaired) electrons. The number of nitrogens with zero attached hydrogens (tertiary/aromatic N) is 2. The lowest BCUT2D eigenvalue weighted by atomic mass is 10.1. The van der Waals surface area contributed by atoms with E-state index in [9.17, 15) is 18.0 Å². The highest BCUT2D eigenvalue weighted by atomic mass is 79.9. The van der Waals surface area contributed by atoms with Crippen LogP contribution in [-0.2, 0) is 12.6 Å². The maximum atomic E-state index is 13.2. The van der Waals surface area contributed by atoms with Crippen molar-refractivity contribution in [3.63, 3.8) is 0 Å². The number of carbonyl (C=O) groups excluding carboxylic acids is 1. The first-order valence-corrected chi connectivity index (χ1v) is 8.66.